The van der Waals surface area contributed by atoms with Crippen molar-refractivity contribution in [2.24, 2.45) is 29.6 Å². The molecule has 1 saturated heterocycles. The minimum Gasteiger partial charge on any atom is -0.456 e. The molecule has 0 unspecified atom stereocenters. The maximum Gasteiger partial charge on any atom is 0.330 e. The zero-order valence-corrected chi connectivity index (χ0v) is 20.9. The van der Waals surface area contributed by atoms with Crippen molar-refractivity contribution in [2.75, 3.05) is 6.61 Å². The quantitative estimate of drug-likeness (QED) is 0.223. The number of hydrogen-bond donors (Lipinski definition) is 0. The van der Waals surface area contributed by atoms with Gasteiger partial charge in [0.25, 0.3) is 0 Å². The van der Waals surface area contributed by atoms with Crippen LogP contribution in [0.15, 0.2) is 24.3 Å². The number of halogens is 3. The van der Waals surface area contributed by atoms with E-state index in [9.17, 15) is 19.2 Å². The van der Waals surface area contributed by atoms with Crippen molar-refractivity contribution in [3.63, 3.8) is 0 Å². The summed E-state index contributed by atoms with van der Waals surface area (Å²) in [4.78, 5) is 53.2. The van der Waals surface area contributed by atoms with Gasteiger partial charge >= 0.3 is 5.97 Å². The molecule has 1 aromatic carbocycles. The zero-order chi connectivity index (χ0) is 22.6. The van der Waals surface area contributed by atoms with Crippen LogP contribution in [0.3, 0.4) is 0 Å². The Balaban J connectivity index is 1.49. The van der Waals surface area contributed by atoms with E-state index in [2.05, 4.69) is 31.9 Å². The fourth-order valence-electron chi connectivity index (χ4n) is 5.26. The normalized spacial score (nSPS) is 32.5. The molecule has 1 aliphatic heterocycles. The van der Waals surface area contributed by atoms with Gasteiger partial charge in [0.05, 0.1) is 11.8 Å². The first-order valence-corrected chi connectivity index (χ1v) is 12.4. The summed E-state index contributed by atoms with van der Waals surface area (Å²) in [6.07, 6.45) is 0.818. The van der Waals surface area contributed by atoms with Crippen LogP contribution in [0, 0.1) is 29.6 Å². The number of fused-ring (bicyclic) bond motifs is 5. The van der Waals surface area contributed by atoms with Gasteiger partial charge in [0.2, 0.25) is 11.8 Å². The van der Waals surface area contributed by atoms with Gasteiger partial charge in [-0.1, -0.05) is 57.3 Å². The Bertz CT molecular complexity index is 904. The molecule has 2 saturated carbocycles. The molecule has 3 fully saturated rings. The summed E-state index contributed by atoms with van der Waals surface area (Å²) >= 11 is 13.2. The number of nitrogens with zero attached hydrogens (tertiary/aromatic N) is 1. The second-order valence-corrected chi connectivity index (χ2v) is 11.3. The lowest BCUT2D eigenvalue weighted by molar-refractivity contribution is -0.160. The van der Waals surface area contributed by atoms with Crippen LogP contribution in [0.1, 0.15) is 30.6 Å². The average Bonchev–Trinajstić information content (AvgIpc) is 3.33. The van der Waals surface area contributed by atoms with Crippen molar-refractivity contribution < 1.29 is 23.9 Å². The van der Waals surface area contributed by atoms with E-state index in [1.807, 2.05) is 0 Å². The monoisotopic (exact) mass is 573 g/mol. The summed E-state index contributed by atoms with van der Waals surface area (Å²) in [5, 5.41) is 0.496. The third-order valence-corrected chi connectivity index (χ3v) is 10.1. The summed E-state index contributed by atoms with van der Waals surface area (Å²) in [6.45, 7) is 3.05. The number of alkyl halides is 2. The minimum atomic E-state index is -1.05. The maximum absolute atomic E-state index is 13.3. The third-order valence-electron chi connectivity index (χ3n) is 6.68. The summed E-state index contributed by atoms with van der Waals surface area (Å²) in [6, 6.07) is 5.21. The van der Waals surface area contributed by atoms with E-state index in [1.54, 1.807) is 38.1 Å². The van der Waals surface area contributed by atoms with E-state index in [0.717, 1.165) is 11.3 Å². The van der Waals surface area contributed by atoms with E-state index in [1.165, 1.54) is 0 Å². The van der Waals surface area contributed by atoms with Gasteiger partial charge in [-0.15, -0.1) is 0 Å². The Kier molecular flexibility index (Phi) is 6.36. The first-order chi connectivity index (χ1) is 14.6. The lowest BCUT2D eigenvalue weighted by Crippen LogP contribution is -2.50. The number of benzene rings is 1. The fourth-order valence-corrected chi connectivity index (χ4v) is 7.26. The topological polar surface area (TPSA) is 80.8 Å². The Hall–Kier alpha value is -1.25. The van der Waals surface area contributed by atoms with Crippen LogP contribution in [0.25, 0.3) is 0 Å². The molecule has 0 N–H and O–H groups in total. The van der Waals surface area contributed by atoms with Crippen molar-refractivity contribution >= 4 is 67.0 Å². The molecule has 0 radical (unpaired) electrons. The molecule has 0 aromatic heterocycles. The Morgan fingerprint density at radius 3 is 2.06 bits per heavy atom. The van der Waals surface area contributed by atoms with Crippen LogP contribution in [-0.2, 0) is 19.1 Å². The molecule has 166 valence electrons. The van der Waals surface area contributed by atoms with Crippen LogP contribution in [0.2, 0.25) is 5.02 Å². The number of ketones is 1. The van der Waals surface area contributed by atoms with Crippen molar-refractivity contribution in [3.8, 4) is 0 Å². The van der Waals surface area contributed by atoms with E-state index in [-0.39, 0.29) is 45.0 Å². The third kappa shape index (κ3) is 3.78. The van der Waals surface area contributed by atoms with Crippen LogP contribution >= 0.6 is 43.5 Å². The zero-order valence-electron chi connectivity index (χ0n) is 17.0. The number of amides is 2. The van der Waals surface area contributed by atoms with E-state index >= 15 is 0 Å². The minimum absolute atomic E-state index is 0.0659. The SMILES string of the molecule is CC(C)[C@H](C(=O)OCC(=O)c1ccc(Cl)cc1)N1C(=O)[C@@H]2[C@H]3C[C@@H]([C@H](Br)[C@H]3Br)[C@H]2C1=O. The predicted octanol–water partition coefficient (Wildman–Crippen LogP) is 3.87. The second kappa shape index (κ2) is 8.60. The van der Waals surface area contributed by atoms with Crippen molar-refractivity contribution in [1.29, 1.82) is 0 Å². The van der Waals surface area contributed by atoms with E-state index in [0.29, 0.717) is 10.6 Å². The number of Topliss-reactive ketones (excluding diaryl/α,β-unsaturated/α-hetero) is 1. The smallest absolute Gasteiger partial charge is 0.330 e. The molecule has 2 bridgehead atoms. The lowest BCUT2D eigenvalue weighted by atomic mass is 9.81. The highest BCUT2D eigenvalue weighted by Crippen LogP contribution is 2.60. The van der Waals surface area contributed by atoms with Gasteiger partial charge in [0.1, 0.15) is 6.04 Å². The largest absolute Gasteiger partial charge is 0.456 e. The summed E-state index contributed by atoms with van der Waals surface area (Å²) in [7, 11) is 0. The summed E-state index contributed by atoms with van der Waals surface area (Å²) in [5.41, 5.74) is 0.365. The first kappa shape index (κ1) is 22.9. The highest BCUT2D eigenvalue weighted by atomic mass is 79.9. The van der Waals surface area contributed by atoms with Crippen molar-refractivity contribution in [1.82, 2.24) is 4.90 Å². The summed E-state index contributed by atoms with van der Waals surface area (Å²) < 4.78 is 5.27. The fraction of sp³-hybridized carbons (Fsp3) is 0.545. The molecule has 0 spiro atoms. The Morgan fingerprint density at radius 1 is 1.06 bits per heavy atom. The van der Waals surface area contributed by atoms with E-state index in [4.69, 9.17) is 16.3 Å². The van der Waals surface area contributed by atoms with Gasteiger partial charge in [0.15, 0.2) is 12.4 Å². The lowest BCUT2D eigenvalue weighted by Gasteiger charge is -2.28. The molecule has 2 aliphatic carbocycles. The standard InChI is InChI=1S/C22H22Br2ClNO5/c1-9(2)19(22(30)31-8-14(27)10-3-5-11(25)6-4-10)26-20(28)15-12-7-13(16(15)21(26)29)18(24)17(12)23/h3-6,9,12-13,15-19H,7-8H2,1-2H3/t12-,13-,15-,16-,17+,18+,19-/m1/s1. The highest BCUT2D eigenvalue weighted by Gasteiger charge is 2.67. The molecule has 3 aliphatic rings. The number of esters is 1. The molecule has 9 heteroatoms. The maximum atomic E-state index is 13.3. The van der Waals surface area contributed by atoms with Gasteiger partial charge in [-0.3, -0.25) is 19.3 Å². The molecule has 6 nitrogen and oxygen atoms in total. The molecular weight excluding hydrogens is 554 g/mol. The van der Waals surface area contributed by atoms with Crippen LogP contribution in [0.5, 0.6) is 0 Å². The van der Waals surface area contributed by atoms with Crippen LogP contribution in [-0.4, -0.2) is 50.8 Å². The van der Waals surface area contributed by atoms with Crippen molar-refractivity contribution in [3.05, 3.63) is 34.9 Å². The second-order valence-electron chi connectivity index (χ2n) is 8.78. The number of rotatable bonds is 6. The molecule has 7 atom stereocenters. The molecule has 2 amide bonds. The van der Waals surface area contributed by atoms with Gasteiger partial charge < -0.3 is 4.74 Å². The Morgan fingerprint density at radius 2 is 1.58 bits per heavy atom. The predicted molar refractivity (Wildman–Crippen MR) is 121 cm³/mol. The molecule has 1 heterocycles. The highest BCUT2D eigenvalue weighted by molar-refractivity contribution is 9.12. The van der Waals surface area contributed by atoms with Gasteiger partial charge in [-0.05, 0) is 48.4 Å². The molecule has 4 rings (SSSR count). The first-order valence-electron chi connectivity index (χ1n) is 10.2. The van der Waals surface area contributed by atoms with Crippen LogP contribution < -0.4 is 0 Å². The van der Waals surface area contributed by atoms with Crippen molar-refractivity contribution in [2.45, 2.75) is 36.0 Å². The Labute approximate surface area is 202 Å². The number of carbonyl (C=O) groups is 4. The number of ether oxygens (including phenoxy) is 1. The van der Waals surface area contributed by atoms with E-state index < -0.39 is 30.5 Å². The van der Waals surface area contributed by atoms with Gasteiger partial charge in [-0.25, -0.2) is 4.79 Å². The van der Waals surface area contributed by atoms with Gasteiger partial charge in [-0.2, -0.15) is 0 Å². The summed E-state index contributed by atoms with van der Waals surface area (Å²) in [5.74, 6) is -2.74. The number of hydrogen-bond acceptors (Lipinski definition) is 5. The number of carbonyl (C=O) groups excluding carboxylic acids is 4. The molecule has 1 aromatic rings. The number of likely N-dealkylation sites (tertiary alicyclic amines) is 1. The van der Waals surface area contributed by atoms with Crippen LogP contribution in [0.4, 0.5) is 0 Å². The molecule has 31 heavy (non-hydrogen) atoms. The average molecular weight is 576 g/mol. The molecular formula is C22H22Br2ClNO5. The van der Waals surface area contributed by atoms with Gasteiger partial charge in [0, 0.05) is 20.2 Å². The number of imide groups is 1.